The quantitative estimate of drug-likeness (QED) is 0.275. The number of hydrogen-bond donors (Lipinski definition) is 2. The van der Waals surface area contributed by atoms with Crippen LogP contribution in [0.4, 0.5) is 0 Å². The van der Waals surface area contributed by atoms with Crippen LogP contribution in [-0.2, 0) is 47.6 Å². The van der Waals surface area contributed by atoms with E-state index in [1.54, 1.807) is 0 Å². The van der Waals surface area contributed by atoms with E-state index < -0.39 is 101 Å². The number of hydrogen-bond acceptors (Lipinski definition) is 14. The molecule has 1 saturated heterocycles. The molecule has 14 nitrogen and oxygen atoms in total. The maximum absolute atomic E-state index is 13.3. The first-order chi connectivity index (χ1) is 18.2. The zero-order valence-electron chi connectivity index (χ0n) is 21.5. The minimum absolute atomic E-state index is 0.291. The van der Waals surface area contributed by atoms with Gasteiger partial charge in [0.15, 0.2) is 23.8 Å². The smallest absolute Gasteiger partial charge is 0.303 e. The van der Waals surface area contributed by atoms with Gasteiger partial charge >= 0.3 is 23.9 Å². The topological polar surface area (TPSA) is 198 Å². The van der Waals surface area contributed by atoms with Gasteiger partial charge in [-0.15, -0.1) is 0 Å². The Hall–Kier alpha value is -4.46. The Morgan fingerprint density at radius 3 is 1.77 bits per heavy atom. The fourth-order valence-corrected chi connectivity index (χ4v) is 4.16. The average molecular weight is 550 g/mol. The summed E-state index contributed by atoms with van der Waals surface area (Å²) in [4.78, 5) is 73.6. The number of rotatable bonds is 7. The molecule has 1 fully saturated rings. The normalized spacial score (nSPS) is 24.4. The van der Waals surface area contributed by atoms with Crippen LogP contribution < -0.4 is 0 Å². The van der Waals surface area contributed by atoms with Crippen molar-refractivity contribution in [3.63, 3.8) is 0 Å². The van der Waals surface area contributed by atoms with Gasteiger partial charge in [-0.05, 0) is 19.1 Å². The standard InChI is InChI=1S/C25H26O14/c1-9-19(32)17-14(30)6-7-15(31)18(17)20(33)21(9)39-25-24(37-13(5)29)23(36-12(4)28)22(35-11(3)27)16(38-25)8-34-10(2)26/h6-7,16,22-25,30-31H,8H2,1-5H3/t16-,22-,23+,24-,25+/m1/s1. The van der Waals surface area contributed by atoms with Gasteiger partial charge in [-0.1, -0.05) is 0 Å². The van der Waals surface area contributed by atoms with Crippen LogP contribution >= 0.6 is 0 Å². The molecule has 0 amide bonds. The van der Waals surface area contributed by atoms with Crippen molar-refractivity contribution in [1.29, 1.82) is 0 Å². The van der Waals surface area contributed by atoms with Crippen LogP contribution in [0.15, 0.2) is 23.5 Å². The van der Waals surface area contributed by atoms with E-state index in [1.807, 2.05) is 0 Å². The zero-order valence-corrected chi connectivity index (χ0v) is 21.5. The first kappa shape index (κ1) is 29.1. The third-order valence-corrected chi connectivity index (χ3v) is 5.69. The molecule has 210 valence electrons. The van der Waals surface area contributed by atoms with Gasteiger partial charge in [0, 0.05) is 33.3 Å². The number of benzene rings is 1. The second-order valence-electron chi connectivity index (χ2n) is 8.65. The fourth-order valence-electron chi connectivity index (χ4n) is 4.16. The van der Waals surface area contributed by atoms with Crippen LogP contribution in [0.1, 0.15) is 55.3 Å². The van der Waals surface area contributed by atoms with Gasteiger partial charge in [0.2, 0.25) is 18.2 Å². The van der Waals surface area contributed by atoms with E-state index in [0.717, 1.165) is 39.8 Å². The zero-order chi connectivity index (χ0) is 29.2. The molecule has 1 aliphatic carbocycles. The van der Waals surface area contributed by atoms with Gasteiger partial charge in [0.25, 0.3) is 0 Å². The second kappa shape index (κ2) is 11.5. The molecule has 2 N–H and O–H groups in total. The first-order valence-electron chi connectivity index (χ1n) is 11.5. The van der Waals surface area contributed by atoms with Crippen molar-refractivity contribution in [2.75, 3.05) is 6.61 Å². The summed E-state index contributed by atoms with van der Waals surface area (Å²) >= 11 is 0. The molecule has 1 aromatic carbocycles. The maximum Gasteiger partial charge on any atom is 0.303 e. The van der Waals surface area contributed by atoms with Crippen LogP contribution in [-0.4, -0.2) is 83.0 Å². The van der Waals surface area contributed by atoms with Crippen LogP contribution in [0.3, 0.4) is 0 Å². The summed E-state index contributed by atoms with van der Waals surface area (Å²) in [5.41, 5.74) is -1.26. The van der Waals surface area contributed by atoms with Gasteiger partial charge in [-0.25, -0.2) is 0 Å². The molecule has 0 spiro atoms. The predicted octanol–water partition coefficient (Wildman–Crippen LogP) is 0.850. The van der Waals surface area contributed by atoms with E-state index in [4.69, 9.17) is 28.4 Å². The Morgan fingerprint density at radius 2 is 1.26 bits per heavy atom. The summed E-state index contributed by atoms with van der Waals surface area (Å²) in [6.45, 7) is 4.88. The molecule has 1 aliphatic heterocycles. The highest BCUT2D eigenvalue weighted by Gasteiger charge is 2.54. The van der Waals surface area contributed by atoms with E-state index in [9.17, 15) is 39.0 Å². The number of fused-ring (bicyclic) bond motifs is 1. The van der Waals surface area contributed by atoms with Crippen LogP contribution in [0, 0.1) is 0 Å². The van der Waals surface area contributed by atoms with Crippen LogP contribution in [0.2, 0.25) is 0 Å². The molecule has 5 atom stereocenters. The van der Waals surface area contributed by atoms with Crippen molar-refractivity contribution in [3.05, 3.63) is 34.6 Å². The summed E-state index contributed by atoms with van der Waals surface area (Å²) in [6.07, 6.45) is -7.84. The SMILES string of the molecule is CC(=O)OC[C@H]1O[C@@H](OC2=C(C)C(=O)c3c(O)ccc(O)c3C2=O)[C@H](OC(C)=O)[C@@H](OC(C)=O)[C@@H]1OC(C)=O. The molecule has 2 aliphatic rings. The Labute approximate surface area is 221 Å². The van der Waals surface area contributed by atoms with Crippen LogP contribution in [0.5, 0.6) is 11.5 Å². The molecular formula is C25H26O14. The Bertz CT molecular complexity index is 1260. The lowest BCUT2D eigenvalue weighted by Crippen LogP contribution is -2.63. The molecule has 0 radical (unpaired) electrons. The number of Topliss-reactive ketones (excluding diaryl/α,β-unsaturated/α-hetero) is 2. The third-order valence-electron chi connectivity index (χ3n) is 5.69. The summed E-state index contributed by atoms with van der Waals surface area (Å²) in [5.74, 6) is -7.01. The predicted molar refractivity (Wildman–Crippen MR) is 124 cm³/mol. The van der Waals surface area contributed by atoms with E-state index in [2.05, 4.69) is 0 Å². The average Bonchev–Trinajstić information content (AvgIpc) is 2.83. The lowest BCUT2D eigenvalue weighted by Gasteiger charge is -2.44. The molecule has 0 bridgehead atoms. The number of phenolic OH excluding ortho intramolecular Hbond substituents is 2. The maximum atomic E-state index is 13.3. The third kappa shape index (κ3) is 6.17. The lowest BCUT2D eigenvalue weighted by molar-refractivity contribution is -0.299. The van der Waals surface area contributed by atoms with Gasteiger partial charge in [-0.2, -0.15) is 0 Å². The Morgan fingerprint density at radius 1 is 0.769 bits per heavy atom. The molecular weight excluding hydrogens is 524 g/mol. The van der Waals surface area contributed by atoms with Crippen molar-refractivity contribution in [2.24, 2.45) is 0 Å². The first-order valence-corrected chi connectivity index (χ1v) is 11.5. The van der Waals surface area contributed by atoms with E-state index >= 15 is 0 Å². The summed E-state index contributed by atoms with van der Waals surface area (Å²) in [6, 6.07) is 2.05. The number of ether oxygens (including phenoxy) is 6. The van der Waals surface area contributed by atoms with Gasteiger partial charge in [0.05, 0.1) is 11.1 Å². The molecule has 14 heteroatoms. The number of aromatic hydroxyl groups is 2. The number of carbonyl (C=O) groups excluding carboxylic acids is 6. The van der Waals surface area contributed by atoms with Crippen molar-refractivity contribution in [3.8, 4) is 11.5 Å². The van der Waals surface area contributed by atoms with Gasteiger partial charge < -0.3 is 38.6 Å². The molecule has 39 heavy (non-hydrogen) atoms. The summed E-state index contributed by atoms with van der Waals surface area (Å²) < 4.78 is 32.4. The minimum Gasteiger partial charge on any atom is -0.507 e. The number of phenols is 2. The number of carbonyl (C=O) groups is 6. The second-order valence-corrected chi connectivity index (χ2v) is 8.65. The van der Waals surface area contributed by atoms with Crippen molar-refractivity contribution in [1.82, 2.24) is 0 Å². The molecule has 1 aromatic rings. The molecule has 0 aromatic heterocycles. The number of ketones is 2. The number of esters is 4. The molecule has 0 unspecified atom stereocenters. The van der Waals surface area contributed by atoms with Crippen molar-refractivity contribution < 1.29 is 67.4 Å². The highest BCUT2D eigenvalue weighted by molar-refractivity contribution is 6.27. The molecule has 3 rings (SSSR count). The minimum atomic E-state index is -1.78. The Kier molecular flexibility index (Phi) is 8.59. The fraction of sp³-hybridized carbons (Fsp3) is 0.440. The molecule has 1 heterocycles. The highest BCUT2D eigenvalue weighted by atomic mass is 16.7. The van der Waals surface area contributed by atoms with Crippen LogP contribution in [0.25, 0.3) is 0 Å². The molecule has 0 saturated carbocycles. The van der Waals surface area contributed by atoms with E-state index in [1.165, 1.54) is 6.92 Å². The summed E-state index contributed by atoms with van der Waals surface area (Å²) in [7, 11) is 0. The Balaban J connectivity index is 2.10. The van der Waals surface area contributed by atoms with Gasteiger partial charge in [-0.3, -0.25) is 28.8 Å². The van der Waals surface area contributed by atoms with Crippen molar-refractivity contribution in [2.45, 2.75) is 65.3 Å². The van der Waals surface area contributed by atoms with Crippen molar-refractivity contribution >= 4 is 35.4 Å². The highest BCUT2D eigenvalue weighted by Crippen LogP contribution is 2.39. The van der Waals surface area contributed by atoms with E-state index in [0.29, 0.717) is 0 Å². The monoisotopic (exact) mass is 550 g/mol. The number of allylic oxidation sites excluding steroid dienone is 2. The largest absolute Gasteiger partial charge is 0.507 e. The lowest BCUT2D eigenvalue weighted by atomic mass is 9.87. The van der Waals surface area contributed by atoms with Gasteiger partial charge in [0.1, 0.15) is 24.2 Å². The van der Waals surface area contributed by atoms with E-state index in [-0.39, 0.29) is 5.57 Å². The summed E-state index contributed by atoms with van der Waals surface area (Å²) in [5, 5.41) is 20.4.